The maximum Gasteiger partial charge on any atom is 0.185 e. The molecule has 188 valence electrons. The lowest BCUT2D eigenvalue weighted by Crippen LogP contribution is -2.68. The van der Waals surface area contributed by atoms with E-state index in [1.54, 1.807) is 14.0 Å². The molecule has 0 amide bonds. The van der Waals surface area contributed by atoms with Crippen molar-refractivity contribution in [2.45, 2.75) is 99.1 Å². The summed E-state index contributed by atoms with van der Waals surface area (Å²) < 4.78 is 23.5. The van der Waals surface area contributed by atoms with Gasteiger partial charge in [-0.15, -0.1) is 0 Å². The zero-order valence-electron chi connectivity index (χ0n) is 19.1. The topological polar surface area (TPSA) is 200 Å². The monoisotopic (exact) mass is 463 g/mol. The smallest absolute Gasteiger partial charge is 0.185 e. The molecule has 3 aliphatic rings. The molecule has 2 heterocycles. The normalized spacial score (nSPS) is 50.3. The Labute approximate surface area is 189 Å². The summed E-state index contributed by atoms with van der Waals surface area (Å²) in [5.41, 5.74) is 17.4. The van der Waals surface area contributed by atoms with Crippen molar-refractivity contribution in [3.05, 3.63) is 0 Å². The first kappa shape index (κ1) is 26.1. The fraction of sp³-hybridized carbons (Fsp3) is 1.00. The molecule has 1 unspecified atom stereocenters. The predicted molar refractivity (Wildman–Crippen MR) is 115 cm³/mol. The van der Waals surface area contributed by atoms with Gasteiger partial charge in [0.2, 0.25) is 0 Å². The second-order valence-electron chi connectivity index (χ2n) is 9.47. The SMILES string of the molecule is CNC[C@@H]1CC[C@@H](N)[C@@H](OC2[C@@H](N)C[C@@H](N)[C@H](O[C@H]3OC[C@](C)(O)[C@H](NC)[C@H]3O)[C@H]2O)O1. The van der Waals surface area contributed by atoms with E-state index >= 15 is 0 Å². The third-order valence-electron chi connectivity index (χ3n) is 6.72. The summed E-state index contributed by atoms with van der Waals surface area (Å²) in [6, 6.07) is -2.20. The van der Waals surface area contributed by atoms with E-state index in [4.69, 9.17) is 36.1 Å². The highest BCUT2D eigenvalue weighted by atomic mass is 16.7. The van der Waals surface area contributed by atoms with Gasteiger partial charge in [-0.1, -0.05) is 0 Å². The zero-order chi connectivity index (χ0) is 23.6. The molecule has 0 spiro atoms. The van der Waals surface area contributed by atoms with Gasteiger partial charge >= 0.3 is 0 Å². The van der Waals surface area contributed by atoms with Gasteiger partial charge in [0, 0.05) is 18.6 Å². The number of hydrogen-bond acceptors (Lipinski definition) is 12. The van der Waals surface area contributed by atoms with Crippen LogP contribution in [-0.4, -0.2) is 115 Å². The number of aliphatic hydroxyl groups excluding tert-OH is 2. The molecule has 0 bridgehead atoms. The lowest BCUT2D eigenvalue weighted by Gasteiger charge is -2.48. The Morgan fingerprint density at radius 2 is 1.59 bits per heavy atom. The molecule has 12 heteroatoms. The standard InChI is InChI=1S/C20H41N5O7/c1-20(28)8-29-19(14(27)17(20)25-3)32-16-12(23)6-11(22)15(13(16)26)31-18-10(21)5-4-9(30-18)7-24-2/h9-19,24-28H,4-8,21-23H2,1-3H3/t9-,10+,11-,12+,13-,14+,15?,16-,17+,18+,19+,20-/m0/s1. The lowest BCUT2D eigenvalue weighted by molar-refractivity contribution is -0.306. The van der Waals surface area contributed by atoms with E-state index in [1.807, 2.05) is 7.05 Å². The van der Waals surface area contributed by atoms with Crippen LogP contribution in [-0.2, 0) is 18.9 Å². The van der Waals surface area contributed by atoms with Crippen LogP contribution >= 0.6 is 0 Å². The van der Waals surface area contributed by atoms with Crippen molar-refractivity contribution in [1.29, 1.82) is 0 Å². The summed E-state index contributed by atoms with van der Waals surface area (Å²) in [4.78, 5) is 0. The molecule has 0 radical (unpaired) electrons. The molecule has 3 fully saturated rings. The van der Waals surface area contributed by atoms with Crippen LogP contribution in [0.15, 0.2) is 0 Å². The Bertz CT molecular complexity index is 603. The second-order valence-corrected chi connectivity index (χ2v) is 9.47. The molecule has 2 saturated heterocycles. The minimum Gasteiger partial charge on any atom is -0.388 e. The number of nitrogens with two attached hydrogens (primary N) is 3. The first-order valence-corrected chi connectivity index (χ1v) is 11.3. The number of aliphatic hydroxyl groups is 3. The molecule has 0 aromatic carbocycles. The van der Waals surface area contributed by atoms with Crippen LogP contribution < -0.4 is 27.8 Å². The van der Waals surface area contributed by atoms with E-state index in [2.05, 4.69) is 10.6 Å². The van der Waals surface area contributed by atoms with Crippen LogP contribution in [0, 0.1) is 0 Å². The third-order valence-corrected chi connectivity index (χ3v) is 6.72. The van der Waals surface area contributed by atoms with Crippen molar-refractivity contribution in [3.8, 4) is 0 Å². The number of ether oxygens (including phenoxy) is 4. The Morgan fingerprint density at radius 3 is 2.19 bits per heavy atom. The molecule has 11 N–H and O–H groups in total. The van der Waals surface area contributed by atoms with Crippen LogP contribution in [0.1, 0.15) is 26.2 Å². The van der Waals surface area contributed by atoms with Crippen molar-refractivity contribution in [3.63, 3.8) is 0 Å². The van der Waals surface area contributed by atoms with Gasteiger partial charge in [0.25, 0.3) is 0 Å². The molecule has 1 aliphatic carbocycles. The second kappa shape index (κ2) is 10.8. The molecule has 3 rings (SSSR count). The van der Waals surface area contributed by atoms with Crippen LogP contribution in [0.3, 0.4) is 0 Å². The third kappa shape index (κ3) is 5.59. The van der Waals surface area contributed by atoms with Gasteiger partial charge in [0.15, 0.2) is 12.6 Å². The van der Waals surface area contributed by atoms with E-state index in [9.17, 15) is 15.3 Å². The van der Waals surface area contributed by atoms with Crippen molar-refractivity contribution < 1.29 is 34.3 Å². The van der Waals surface area contributed by atoms with Gasteiger partial charge in [-0.2, -0.15) is 0 Å². The van der Waals surface area contributed by atoms with Crippen LogP contribution in [0.2, 0.25) is 0 Å². The molecule has 12 atom stereocenters. The van der Waals surface area contributed by atoms with E-state index in [-0.39, 0.29) is 18.8 Å². The first-order chi connectivity index (χ1) is 15.1. The average Bonchev–Trinajstić information content (AvgIpc) is 2.72. The minimum atomic E-state index is -1.28. The fourth-order valence-electron chi connectivity index (χ4n) is 4.90. The highest BCUT2D eigenvalue weighted by molar-refractivity contribution is 5.01. The van der Waals surface area contributed by atoms with Crippen molar-refractivity contribution >= 4 is 0 Å². The van der Waals surface area contributed by atoms with E-state index < -0.39 is 60.7 Å². The highest BCUT2D eigenvalue weighted by Gasteiger charge is 2.50. The van der Waals surface area contributed by atoms with Crippen LogP contribution in [0.4, 0.5) is 0 Å². The van der Waals surface area contributed by atoms with Crippen molar-refractivity contribution in [1.82, 2.24) is 10.6 Å². The molecular formula is C20H41N5O7. The molecule has 1 saturated carbocycles. The van der Waals surface area contributed by atoms with Crippen molar-refractivity contribution in [2.75, 3.05) is 27.2 Å². The maximum atomic E-state index is 11.1. The number of rotatable bonds is 7. The maximum absolute atomic E-state index is 11.1. The van der Waals surface area contributed by atoms with Gasteiger partial charge in [0.1, 0.15) is 30.0 Å². The summed E-state index contributed by atoms with van der Waals surface area (Å²) >= 11 is 0. The lowest BCUT2D eigenvalue weighted by atomic mass is 9.84. The summed E-state index contributed by atoms with van der Waals surface area (Å²) in [6.45, 7) is 2.16. The van der Waals surface area contributed by atoms with E-state index in [1.165, 1.54) is 0 Å². The van der Waals surface area contributed by atoms with Crippen LogP contribution in [0.25, 0.3) is 0 Å². The Balaban J connectivity index is 1.67. The quantitative estimate of drug-likeness (QED) is 0.184. The molecule has 2 aliphatic heterocycles. The van der Waals surface area contributed by atoms with Crippen LogP contribution in [0.5, 0.6) is 0 Å². The number of hydrogen-bond donors (Lipinski definition) is 8. The molecular weight excluding hydrogens is 422 g/mol. The van der Waals surface area contributed by atoms with Gasteiger partial charge in [-0.25, -0.2) is 0 Å². The molecule has 0 aromatic heterocycles. The predicted octanol–water partition coefficient (Wildman–Crippen LogP) is -3.72. The summed E-state index contributed by atoms with van der Waals surface area (Å²) in [7, 11) is 3.47. The molecule has 0 aromatic rings. The molecule has 12 nitrogen and oxygen atoms in total. The van der Waals surface area contributed by atoms with Gasteiger partial charge < -0.3 is 62.1 Å². The Hall–Kier alpha value is -0.480. The Kier molecular flexibility index (Phi) is 8.86. The zero-order valence-corrected chi connectivity index (χ0v) is 19.1. The minimum absolute atomic E-state index is 0.0480. The van der Waals surface area contributed by atoms with Gasteiger partial charge in [0.05, 0.1) is 24.8 Å². The van der Waals surface area contributed by atoms with Gasteiger partial charge in [-0.3, -0.25) is 0 Å². The molecule has 32 heavy (non-hydrogen) atoms. The summed E-state index contributed by atoms with van der Waals surface area (Å²) in [6.07, 6.45) is -4.12. The summed E-state index contributed by atoms with van der Waals surface area (Å²) in [5, 5.41) is 38.1. The van der Waals surface area contributed by atoms with E-state index in [0.717, 1.165) is 12.8 Å². The van der Waals surface area contributed by atoms with E-state index in [0.29, 0.717) is 13.0 Å². The fourth-order valence-corrected chi connectivity index (χ4v) is 4.90. The summed E-state index contributed by atoms with van der Waals surface area (Å²) in [5.74, 6) is 0. The van der Waals surface area contributed by atoms with Gasteiger partial charge in [-0.05, 0) is 40.3 Å². The highest BCUT2D eigenvalue weighted by Crippen LogP contribution is 2.31. The Morgan fingerprint density at radius 1 is 0.969 bits per heavy atom. The van der Waals surface area contributed by atoms with Crippen molar-refractivity contribution in [2.24, 2.45) is 17.2 Å². The first-order valence-electron chi connectivity index (χ1n) is 11.3. The number of likely N-dealkylation sites (N-methyl/N-ethyl adjacent to an activating group) is 2. The number of nitrogens with one attached hydrogen (secondary N) is 2. The average molecular weight is 464 g/mol. The largest absolute Gasteiger partial charge is 0.388 e.